The first-order valence-corrected chi connectivity index (χ1v) is 10.6. The van der Waals surface area contributed by atoms with Crippen molar-refractivity contribution in [2.45, 2.75) is 36.4 Å². The first-order valence-electron chi connectivity index (χ1n) is 8.60. The number of thiophene rings is 1. The van der Waals surface area contributed by atoms with Crippen LogP contribution in [0.4, 0.5) is 5.00 Å². The number of halogens is 3. The maximum Gasteiger partial charge on any atom is 0.341 e. The molecule has 4 nitrogen and oxygen atoms in total. The number of anilines is 1. The number of alkyl halides is 3. The summed E-state index contributed by atoms with van der Waals surface area (Å²) in [6.45, 7) is 1.94. The fourth-order valence-corrected chi connectivity index (χ4v) is 4.24. The van der Waals surface area contributed by atoms with Gasteiger partial charge >= 0.3 is 5.97 Å². The van der Waals surface area contributed by atoms with Crippen molar-refractivity contribution in [3.05, 3.63) is 40.3 Å². The molecule has 2 aromatic rings. The lowest BCUT2D eigenvalue weighted by molar-refractivity contribution is -0.115. The van der Waals surface area contributed by atoms with Gasteiger partial charge in [-0.1, -0.05) is 53.0 Å². The second kappa shape index (κ2) is 8.39. The molecule has 1 aromatic carbocycles. The number of hydrogen-bond donors (Lipinski definition) is 1. The molecule has 1 amide bonds. The number of carbonyl (C=O) groups is 2. The zero-order valence-corrected chi connectivity index (χ0v) is 17.7. The van der Waals surface area contributed by atoms with Crippen molar-refractivity contribution < 1.29 is 14.3 Å². The zero-order chi connectivity index (χ0) is 19.6. The molecule has 1 aliphatic rings. The van der Waals surface area contributed by atoms with Crippen LogP contribution in [0.1, 0.15) is 41.3 Å². The van der Waals surface area contributed by atoms with Crippen LogP contribution in [0.25, 0.3) is 11.1 Å². The van der Waals surface area contributed by atoms with Gasteiger partial charge in [-0.05, 0) is 49.3 Å². The highest BCUT2D eigenvalue weighted by atomic mass is 35.6. The first-order chi connectivity index (χ1) is 12.8. The van der Waals surface area contributed by atoms with E-state index < -0.39 is 15.7 Å². The van der Waals surface area contributed by atoms with Crippen molar-refractivity contribution in [3.63, 3.8) is 0 Å². The van der Waals surface area contributed by atoms with Crippen LogP contribution in [0, 0.1) is 0 Å². The Morgan fingerprint density at radius 3 is 2.56 bits per heavy atom. The molecule has 3 rings (SSSR count). The maximum absolute atomic E-state index is 12.6. The first kappa shape index (κ1) is 20.5. The number of carbonyl (C=O) groups excluding carboxylic acids is 2. The number of ether oxygens (including phenoxy) is 1. The molecule has 0 fully saturated rings. The smallest absolute Gasteiger partial charge is 0.341 e. The molecule has 0 atom stereocenters. The largest absolute Gasteiger partial charge is 0.462 e. The van der Waals surface area contributed by atoms with Crippen LogP contribution in [0.5, 0.6) is 0 Å². The number of fused-ring (bicyclic) bond motifs is 1. The van der Waals surface area contributed by atoms with Crippen molar-refractivity contribution >= 4 is 63.0 Å². The molecule has 0 saturated heterocycles. The number of hydrogen-bond acceptors (Lipinski definition) is 4. The Hall–Kier alpha value is -1.27. The third-order valence-electron chi connectivity index (χ3n) is 4.41. The van der Waals surface area contributed by atoms with E-state index in [0.717, 1.165) is 24.8 Å². The monoisotopic (exact) mass is 445 g/mol. The predicted molar refractivity (Wildman–Crippen MR) is 111 cm³/mol. The van der Waals surface area contributed by atoms with Crippen LogP contribution in [-0.2, 0) is 22.4 Å². The normalized spacial score (nSPS) is 13.8. The summed E-state index contributed by atoms with van der Waals surface area (Å²) >= 11 is 18.1. The van der Waals surface area contributed by atoms with Crippen molar-refractivity contribution in [1.82, 2.24) is 0 Å². The van der Waals surface area contributed by atoms with E-state index in [0.29, 0.717) is 10.6 Å². The minimum absolute atomic E-state index is 0.218. The van der Waals surface area contributed by atoms with E-state index in [-0.39, 0.29) is 12.2 Å². The fraction of sp³-hybridized carbons (Fsp3) is 0.368. The van der Waals surface area contributed by atoms with Crippen molar-refractivity contribution in [2.24, 2.45) is 0 Å². The molecule has 0 radical (unpaired) electrons. The van der Waals surface area contributed by atoms with Gasteiger partial charge in [0.2, 0.25) is 0 Å². The highest BCUT2D eigenvalue weighted by Crippen LogP contribution is 2.39. The number of amides is 1. The summed E-state index contributed by atoms with van der Waals surface area (Å²) in [6.07, 6.45) is 4.47. The fourth-order valence-electron chi connectivity index (χ4n) is 3.14. The minimum atomic E-state index is -2.12. The van der Waals surface area contributed by atoms with Gasteiger partial charge in [0.25, 0.3) is 9.70 Å². The van der Waals surface area contributed by atoms with E-state index in [1.807, 2.05) is 11.4 Å². The molecule has 1 heterocycles. The van der Waals surface area contributed by atoms with Crippen LogP contribution in [0.3, 0.4) is 0 Å². The molecule has 0 spiro atoms. The second-order valence-electron chi connectivity index (χ2n) is 6.22. The standard InChI is InChI=1S/C19H18Cl3NO3S/c1-2-26-17(24)15-14(10-27-16(15)23-18(25)19(20,21)22)13-8-7-11-5-3-4-6-12(11)9-13/h7-10H,2-6H2,1H3,(H,23,25). The summed E-state index contributed by atoms with van der Waals surface area (Å²) in [4.78, 5) is 24.6. The van der Waals surface area contributed by atoms with Crippen molar-refractivity contribution in [1.29, 1.82) is 0 Å². The Morgan fingerprint density at radius 1 is 1.19 bits per heavy atom. The van der Waals surface area contributed by atoms with Gasteiger partial charge in [-0.25, -0.2) is 4.79 Å². The van der Waals surface area contributed by atoms with Gasteiger partial charge in [0.15, 0.2) is 0 Å². The molecule has 0 aliphatic heterocycles. The summed E-state index contributed by atoms with van der Waals surface area (Å²) in [5.74, 6) is -1.34. The molecule has 144 valence electrons. The summed E-state index contributed by atoms with van der Waals surface area (Å²) < 4.78 is 3.06. The molecule has 1 N–H and O–H groups in total. The van der Waals surface area contributed by atoms with E-state index in [2.05, 4.69) is 17.4 Å². The molecule has 1 aliphatic carbocycles. The molecule has 0 bridgehead atoms. The van der Waals surface area contributed by atoms with Gasteiger partial charge < -0.3 is 10.1 Å². The number of benzene rings is 1. The average molecular weight is 447 g/mol. The van der Waals surface area contributed by atoms with Gasteiger partial charge in [-0.3, -0.25) is 4.79 Å². The topological polar surface area (TPSA) is 55.4 Å². The average Bonchev–Trinajstić information content (AvgIpc) is 3.04. The summed E-state index contributed by atoms with van der Waals surface area (Å²) in [7, 11) is 0. The third kappa shape index (κ3) is 4.60. The maximum atomic E-state index is 12.6. The molecule has 1 aromatic heterocycles. The number of esters is 1. The summed E-state index contributed by atoms with van der Waals surface area (Å²) in [5, 5.41) is 4.64. The van der Waals surface area contributed by atoms with E-state index >= 15 is 0 Å². The third-order valence-corrected chi connectivity index (χ3v) is 5.82. The number of rotatable bonds is 4. The Labute approximate surface area is 176 Å². The Kier molecular flexibility index (Phi) is 6.36. The van der Waals surface area contributed by atoms with E-state index in [9.17, 15) is 9.59 Å². The molecule has 27 heavy (non-hydrogen) atoms. The van der Waals surface area contributed by atoms with Crippen LogP contribution < -0.4 is 5.32 Å². The van der Waals surface area contributed by atoms with Crippen LogP contribution in [-0.4, -0.2) is 22.3 Å². The van der Waals surface area contributed by atoms with Gasteiger partial charge in [-0.15, -0.1) is 11.3 Å². The molecular formula is C19H18Cl3NO3S. The zero-order valence-electron chi connectivity index (χ0n) is 14.6. The summed E-state index contributed by atoms with van der Waals surface area (Å²) in [5.41, 5.74) is 4.53. The van der Waals surface area contributed by atoms with Crippen LogP contribution in [0.2, 0.25) is 0 Å². The lowest BCUT2D eigenvalue weighted by Crippen LogP contribution is -2.27. The minimum Gasteiger partial charge on any atom is -0.462 e. The SMILES string of the molecule is CCOC(=O)c1c(-c2ccc3c(c2)CCCC3)csc1NC(=O)C(Cl)(Cl)Cl. The highest BCUT2D eigenvalue weighted by molar-refractivity contribution is 7.15. The van der Waals surface area contributed by atoms with E-state index in [4.69, 9.17) is 39.5 Å². The lowest BCUT2D eigenvalue weighted by Gasteiger charge is -2.17. The molecule has 0 unspecified atom stereocenters. The van der Waals surface area contributed by atoms with Gasteiger partial charge in [0.1, 0.15) is 10.6 Å². The Bertz CT molecular complexity index is 874. The molecular weight excluding hydrogens is 429 g/mol. The second-order valence-corrected chi connectivity index (χ2v) is 9.38. The highest BCUT2D eigenvalue weighted by Gasteiger charge is 2.33. The number of nitrogens with one attached hydrogen (secondary N) is 1. The van der Waals surface area contributed by atoms with Gasteiger partial charge in [0, 0.05) is 10.9 Å². The van der Waals surface area contributed by atoms with Gasteiger partial charge in [0.05, 0.1) is 6.61 Å². The lowest BCUT2D eigenvalue weighted by atomic mass is 9.89. The van der Waals surface area contributed by atoms with E-state index in [1.165, 1.54) is 28.9 Å². The quantitative estimate of drug-likeness (QED) is 0.478. The molecule has 8 heteroatoms. The van der Waals surface area contributed by atoms with Crippen molar-refractivity contribution in [2.75, 3.05) is 11.9 Å². The predicted octanol–water partition coefficient (Wildman–Crippen LogP) is 5.78. The van der Waals surface area contributed by atoms with Crippen LogP contribution in [0.15, 0.2) is 23.6 Å². The van der Waals surface area contributed by atoms with Gasteiger partial charge in [-0.2, -0.15) is 0 Å². The Balaban J connectivity index is 2.02. The Morgan fingerprint density at radius 2 is 1.89 bits per heavy atom. The summed E-state index contributed by atoms with van der Waals surface area (Å²) in [6, 6.07) is 6.21. The van der Waals surface area contributed by atoms with E-state index in [1.54, 1.807) is 6.92 Å². The van der Waals surface area contributed by atoms with Crippen molar-refractivity contribution in [3.8, 4) is 11.1 Å². The number of aryl methyl sites for hydroxylation is 2. The van der Waals surface area contributed by atoms with Crippen LogP contribution >= 0.6 is 46.1 Å². The molecule has 0 saturated carbocycles.